The molecule has 0 aliphatic heterocycles. The fraction of sp³-hybridized carbons (Fsp3) is 0.767. The SMILES string of the molecule is CCCC(O)C/C=C\C/C=C\C/C=C\C/C=C\CCCC(=O)OC[C@H](COP(=O)(O)OC[C@@H](O)CO)OC(=O)CCCCCCCCCCCCCC(C)C. The summed E-state index contributed by atoms with van der Waals surface area (Å²) >= 11 is 0. The summed E-state index contributed by atoms with van der Waals surface area (Å²) in [6, 6.07) is 0. The van der Waals surface area contributed by atoms with Crippen molar-refractivity contribution in [1.29, 1.82) is 0 Å². The number of ether oxygens (including phenoxy) is 2. The van der Waals surface area contributed by atoms with Crippen LogP contribution >= 0.6 is 7.82 Å². The summed E-state index contributed by atoms with van der Waals surface area (Å²) in [4.78, 5) is 34.9. The minimum atomic E-state index is -4.64. The van der Waals surface area contributed by atoms with Gasteiger partial charge in [0.1, 0.15) is 12.7 Å². The van der Waals surface area contributed by atoms with Crippen molar-refractivity contribution in [3.05, 3.63) is 48.6 Å². The van der Waals surface area contributed by atoms with E-state index in [0.29, 0.717) is 25.7 Å². The Bertz CT molecular complexity index is 1090. The van der Waals surface area contributed by atoms with Crippen LogP contribution in [0.3, 0.4) is 0 Å². The maximum Gasteiger partial charge on any atom is 0.472 e. The van der Waals surface area contributed by atoms with Crippen LogP contribution in [0.1, 0.15) is 162 Å². The summed E-state index contributed by atoms with van der Waals surface area (Å²) < 4.78 is 32.6. The van der Waals surface area contributed by atoms with Gasteiger partial charge in [-0.3, -0.25) is 18.6 Å². The third-order valence-corrected chi connectivity index (χ3v) is 9.67. The van der Waals surface area contributed by atoms with Crippen molar-refractivity contribution in [2.24, 2.45) is 5.92 Å². The van der Waals surface area contributed by atoms with Crippen LogP contribution < -0.4 is 0 Å². The Morgan fingerprint density at radius 3 is 1.69 bits per heavy atom. The molecule has 0 aliphatic rings. The lowest BCUT2D eigenvalue weighted by molar-refractivity contribution is -0.161. The fourth-order valence-electron chi connectivity index (χ4n) is 5.48. The number of hydrogen-bond acceptors (Lipinski definition) is 10. The van der Waals surface area contributed by atoms with Gasteiger partial charge in [0.15, 0.2) is 6.10 Å². The average molecular weight is 801 g/mol. The summed E-state index contributed by atoms with van der Waals surface area (Å²) in [5.74, 6) is -0.222. The molecule has 0 heterocycles. The van der Waals surface area contributed by atoms with Crippen molar-refractivity contribution in [2.75, 3.05) is 26.4 Å². The van der Waals surface area contributed by atoms with E-state index in [9.17, 15) is 29.3 Å². The van der Waals surface area contributed by atoms with E-state index in [-0.39, 0.29) is 25.6 Å². The van der Waals surface area contributed by atoms with Crippen LogP contribution in [0.25, 0.3) is 0 Å². The largest absolute Gasteiger partial charge is 0.472 e. The molecule has 55 heavy (non-hydrogen) atoms. The van der Waals surface area contributed by atoms with Crippen LogP contribution in [0.2, 0.25) is 0 Å². The number of phosphoric ester groups is 1. The molecule has 4 N–H and O–H groups in total. The molecule has 0 rings (SSSR count). The number of phosphoric acid groups is 1. The van der Waals surface area contributed by atoms with Gasteiger partial charge in [0.25, 0.3) is 0 Å². The van der Waals surface area contributed by atoms with Crippen molar-refractivity contribution in [3.63, 3.8) is 0 Å². The van der Waals surface area contributed by atoms with Gasteiger partial charge in [-0.25, -0.2) is 4.57 Å². The molecule has 0 bridgehead atoms. The maximum atomic E-state index is 12.6. The number of carbonyl (C=O) groups is 2. The second kappa shape index (κ2) is 37.5. The highest BCUT2D eigenvalue weighted by molar-refractivity contribution is 7.47. The van der Waals surface area contributed by atoms with Gasteiger partial charge in [-0.2, -0.15) is 0 Å². The van der Waals surface area contributed by atoms with Gasteiger partial charge in [-0.1, -0.05) is 146 Å². The van der Waals surface area contributed by atoms with Crippen molar-refractivity contribution in [2.45, 2.75) is 180 Å². The maximum absolute atomic E-state index is 12.6. The molecule has 0 aromatic rings. The molecule has 0 aromatic heterocycles. The highest BCUT2D eigenvalue weighted by Crippen LogP contribution is 2.43. The molecule has 0 radical (unpaired) electrons. The lowest BCUT2D eigenvalue weighted by Crippen LogP contribution is -2.29. The van der Waals surface area contributed by atoms with Crippen LogP contribution in [0, 0.1) is 5.92 Å². The van der Waals surface area contributed by atoms with Crippen LogP contribution in [0.4, 0.5) is 0 Å². The number of rotatable bonds is 38. The van der Waals surface area contributed by atoms with Crippen molar-refractivity contribution < 1.29 is 52.9 Å². The monoisotopic (exact) mass is 801 g/mol. The molecule has 11 nitrogen and oxygen atoms in total. The van der Waals surface area contributed by atoms with E-state index in [2.05, 4.69) is 55.7 Å². The minimum absolute atomic E-state index is 0.150. The highest BCUT2D eigenvalue weighted by Gasteiger charge is 2.27. The zero-order valence-corrected chi connectivity index (χ0v) is 35.3. The molecule has 0 fully saturated rings. The van der Waals surface area contributed by atoms with Gasteiger partial charge in [0.2, 0.25) is 0 Å². The van der Waals surface area contributed by atoms with Crippen LogP contribution in [0.5, 0.6) is 0 Å². The minimum Gasteiger partial charge on any atom is -0.462 e. The summed E-state index contributed by atoms with van der Waals surface area (Å²) in [7, 11) is -4.64. The van der Waals surface area contributed by atoms with Crippen LogP contribution in [-0.4, -0.2) is 76.9 Å². The lowest BCUT2D eigenvalue weighted by atomic mass is 10.0. The smallest absolute Gasteiger partial charge is 0.462 e. The number of aliphatic hydroxyl groups excluding tert-OH is 3. The fourth-order valence-corrected chi connectivity index (χ4v) is 6.27. The molecule has 2 unspecified atom stereocenters. The molecule has 4 atom stereocenters. The number of carbonyl (C=O) groups excluding carboxylic acids is 2. The Hall–Kier alpha value is -2.11. The molecular formula is C43H77O11P. The normalized spacial score (nSPS) is 15.1. The van der Waals surface area contributed by atoms with E-state index >= 15 is 0 Å². The van der Waals surface area contributed by atoms with Crippen LogP contribution in [0.15, 0.2) is 48.6 Å². The molecule has 0 spiro atoms. The van der Waals surface area contributed by atoms with Gasteiger partial charge >= 0.3 is 19.8 Å². The van der Waals surface area contributed by atoms with E-state index in [4.69, 9.17) is 19.1 Å². The standard InChI is InChI=1S/C43H77O11P/c1-4-29-39(45)31-26-22-18-14-10-6-5-7-11-15-19-23-27-32-42(47)51-36-41(37-53-55(49,50)52-35-40(46)34-44)54-43(48)33-28-24-20-16-12-8-9-13-17-21-25-30-38(2)3/h5,7,10,14-15,19,22,26,38-41,44-46H,4,6,8-9,11-13,16-18,20-21,23-25,27-37H2,1-3H3,(H,49,50)/b7-5-,14-10-,19-15-,26-22-/t39?,40-,41+/m0/s1. The molecular weight excluding hydrogens is 723 g/mol. The van der Waals surface area contributed by atoms with Crippen molar-refractivity contribution >= 4 is 19.8 Å². The van der Waals surface area contributed by atoms with Crippen molar-refractivity contribution in [1.82, 2.24) is 0 Å². The van der Waals surface area contributed by atoms with E-state index in [1.807, 2.05) is 18.2 Å². The van der Waals surface area contributed by atoms with Crippen LogP contribution in [-0.2, 0) is 32.7 Å². The van der Waals surface area contributed by atoms with E-state index in [1.54, 1.807) is 0 Å². The Kier molecular flexibility index (Phi) is 36.0. The van der Waals surface area contributed by atoms with Gasteiger partial charge < -0.3 is 29.7 Å². The first-order valence-corrected chi connectivity index (χ1v) is 22.5. The molecule has 0 aliphatic carbocycles. The first-order valence-electron chi connectivity index (χ1n) is 21.0. The summed E-state index contributed by atoms with van der Waals surface area (Å²) in [5, 5.41) is 28.0. The number of allylic oxidation sites excluding steroid dienone is 7. The molecule has 0 aromatic carbocycles. The van der Waals surface area contributed by atoms with E-state index in [1.165, 1.54) is 51.4 Å². The highest BCUT2D eigenvalue weighted by atomic mass is 31.2. The molecule has 320 valence electrons. The molecule has 0 amide bonds. The summed E-state index contributed by atoms with van der Waals surface area (Å²) in [6.45, 7) is 4.41. The third-order valence-electron chi connectivity index (χ3n) is 8.72. The third kappa shape index (κ3) is 38.5. The Morgan fingerprint density at radius 1 is 0.618 bits per heavy atom. The lowest BCUT2D eigenvalue weighted by Gasteiger charge is -2.20. The summed E-state index contributed by atoms with van der Waals surface area (Å²) in [5.41, 5.74) is 0. The number of unbranched alkanes of at least 4 members (excludes halogenated alkanes) is 11. The van der Waals surface area contributed by atoms with Gasteiger partial charge in [0, 0.05) is 12.8 Å². The second-order valence-electron chi connectivity index (χ2n) is 14.7. The number of esters is 2. The van der Waals surface area contributed by atoms with Crippen molar-refractivity contribution in [3.8, 4) is 0 Å². The van der Waals surface area contributed by atoms with E-state index < -0.39 is 51.8 Å². The topological polar surface area (TPSA) is 169 Å². The van der Waals surface area contributed by atoms with Gasteiger partial charge in [-0.15, -0.1) is 0 Å². The number of aliphatic hydroxyl groups is 3. The van der Waals surface area contributed by atoms with Gasteiger partial charge in [-0.05, 0) is 57.3 Å². The second-order valence-corrected chi connectivity index (χ2v) is 16.1. The van der Waals surface area contributed by atoms with E-state index in [0.717, 1.165) is 57.3 Å². The zero-order valence-electron chi connectivity index (χ0n) is 34.4. The number of hydrogen-bond donors (Lipinski definition) is 4. The molecule has 0 saturated carbocycles. The summed E-state index contributed by atoms with van der Waals surface area (Å²) in [6.07, 6.45) is 34.4. The zero-order chi connectivity index (χ0) is 40.8. The predicted octanol–water partition coefficient (Wildman–Crippen LogP) is 9.77. The Balaban J connectivity index is 4.43. The Morgan fingerprint density at radius 2 is 1.13 bits per heavy atom. The predicted molar refractivity (Wildman–Crippen MR) is 220 cm³/mol. The first kappa shape index (κ1) is 52.9. The quantitative estimate of drug-likeness (QED) is 0.0203. The Labute approximate surface area is 333 Å². The first-order chi connectivity index (χ1) is 26.5. The van der Waals surface area contributed by atoms with Gasteiger partial charge in [0.05, 0.1) is 25.9 Å². The molecule has 0 saturated heterocycles. The average Bonchev–Trinajstić information content (AvgIpc) is 3.15. The molecule has 12 heteroatoms.